The van der Waals surface area contributed by atoms with Gasteiger partial charge in [0.25, 0.3) is 0 Å². The minimum atomic E-state index is -0.451. The summed E-state index contributed by atoms with van der Waals surface area (Å²) in [5.41, 5.74) is -0.451. The maximum absolute atomic E-state index is 5.62. The van der Waals surface area contributed by atoms with Gasteiger partial charge in [0.05, 0.1) is 23.0 Å². The van der Waals surface area contributed by atoms with Crippen LogP contribution in [0.4, 0.5) is 5.95 Å². The van der Waals surface area contributed by atoms with Crippen molar-refractivity contribution in [1.29, 1.82) is 0 Å². The van der Waals surface area contributed by atoms with Gasteiger partial charge in [-0.2, -0.15) is 0 Å². The molecule has 0 unspecified atom stereocenters. The first-order valence-electron chi connectivity index (χ1n) is 3.77. The van der Waals surface area contributed by atoms with Gasteiger partial charge >= 0.3 is 0 Å². The lowest BCUT2D eigenvalue weighted by atomic mass is 10.1. The molecule has 0 aromatic carbocycles. The molecule has 68 valence electrons. The third kappa shape index (κ3) is 2.92. The topological polar surface area (TPSA) is 37.8 Å². The lowest BCUT2D eigenvalue weighted by Gasteiger charge is -2.18. The molecule has 13 heavy (non-hydrogen) atoms. The molecule has 0 saturated carbocycles. The van der Waals surface area contributed by atoms with Crippen LogP contribution in [0.25, 0.3) is 0 Å². The number of hydrogen-bond acceptors (Lipinski definition) is 3. The van der Waals surface area contributed by atoms with Crippen LogP contribution < -0.4 is 5.32 Å². The summed E-state index contributed by atoms with van der Waals surface area (Å²) in [5.74, 6) is 3.06. The van der Waals surface area contributed by atoms with Crippen LogP contribution in [0.5, 0.6) is 0 Å². The Hall–Kier alpha value is -1.27. The SMILES string of the molecule is C#CC(C)(C)Nc1ncc(Cl)cn1. The molecular weight excluding hydrogens is 186 g/mol. The Morgan fingerprint density at radius 2 is 2.00 bits per heavy atom. The van der Waals surface area contributed by atoms with E-state index in [0.717, 1.165) is 0 Å². The number of hydrogen-bond donors (Lipinski definition) is 1. The summed E-state index contributed by atoms with van der Waals surface area (Å²) in [6.45, 7) is 3.73. The van der Waals surface area contributed by atoms with Gasteiger partial charge in [0, 0.05) is 0 Å². The highest BCUT2D eigenvalue weighted by Gasteiger charge is 2.13. The number of anilines is 1. The third-order valence-electron chi connectivity index (χ3n) is 1.41. The molecule has 0 aliphatic heterocycles. The number of aromatic nitrogens is 2. The molecule has 1 aromatic heterocycles. The summed E-state index contributed by atoms with van der Waals surface area (Å²) in [6, 6.07) is 0. The van der Waals surface area contributed by atoms with Crippen molar-refractivity contribution in [3.8, 4) is 12.3 Å². The first-order valence-corrected chi connectivity index (χ1v) is 4.15. The summed E-state index contributed by atoms with van der Waals surface area (Å²) in [7, 11) is 0. The molecule has 1 heterocycles. The van der Waals surface area contributed by atoms with E-state index in [9.17, 15) is 0 Å². The molecule has 0 atom stereocenters. The molecule has 3 nitrogen and oxygen atoms in total. The van der Waals surface area contributed by atoms with E-state index in [0.29, 0.717) is 11.0 Å². The summed E-state index contributed by atoms with van der Waals surface area (Å²) >= 11 is 5.62. The molecule has 0 saturated heterocycles. The fourth-order valence-corrected chi connectivity index (χ4v) is 0.790. The van der Waals surface area contributed by atoms with E-state index in [2.05, 4.69) is 21.2 Å². The van der Waals surface area contributed by atoms with Crippen molar-refractivity contribution in [2.75, 3.05) is 5.32 Å². The first kappa shape index (κ1) is 9.82. The zero-order valence-electron chi connectivity index (χ0n) is 7.50. The van der Waals surface area contributed by atoms with E-state index in [1.165, 1.54) is 12.4 Å². The largest absolute Gasteiger partial charge is 0.338 e. The van der Waals surface area contributed by atoms with E-state index in [1.807, 2.05) is 13.8 Å². The Kier molecular flexibility index (Phi) is 2.74. The molecule has 0 bridgehead atoms. The molecule has 0 aliphatic carbocycles. The van der Waals surface area contributed by atoms with E-state index in [4.69, 9.17) is 18.0 Å². The monoisotopic (exact) mass is 195 g/mol. The van der Waals surface area contributed by atoms with E-state index >= 15 is 0 Å². The van der Waals surface area contributed by atoms with Crippen LogP contribution in [-0.2, 0) is 0 Å². The summed E-state index contributed by atoms with van der Waals surface area (Å²) in [5, 5.41) is 3.48. The van der Waals surface area contributed by atoms with Crippen molar-refractivity contribution in [3.05, 3.63) is 17.4 Å². The van der Waals surface area contributed by atoms with Gasteiger partial charge in [-0.25, -0.2) is 9.97 Å². The van der Waals surface area contributed by atoms with Crippen molar-refractivity contribution in [3.63, 3.8) is 0 Å². The molecule has 1 rings (SSSR count). The van der Waals surface area contributed by atoms with Gasteiger partial charge in [-0.05, 0) is 13.8 Å². The van der Waals surface area contributed by atoms with Crippen molar-refractivity contribution >= 4 is 17.5 Å². The molecular formula is C9H10ClN3. The highest BCUT2D eigenvalue weighted by Crippen LogP contribution is 2.10. The average Bonchev–Trinajstić information content (AvgIpc) is 2.09. The Balaban J connectivity index is 2.77. The highest BCUT2D eigenvalue weighted by atomic mass is 35.5. The maximum Gasteiger partial charge on any atom is 0.223 e. The second kappa shape index (κ2) is 3.63. The number of nitrogens with zero attached hydrogens (tertiary/aromatic N) is 2. The van der Waals surface area contributed by atoms with E-state index in [-0.39, 0.29) is 0 Å². The van der Waals surface area contributed by atoms with Gasteiger partial charge in [-0.1, -0.05) is 17.5 Å². The highest BCUT2D eigenvalue weighted by molar-refractivity contribution is 6.30. The molecule has 1 aromatic rings. The van der Waals surface area contributed by atoms with Gasteiger partial charge in [0.2, 0.25) is 5.95 Å². The van der Waals surface area contributed by atoms with Gasteiger partial charge < -0.3 is 5.32 Å². The number of nitrogens with one attached hydrogen (secondary N) is 1. The number of terminal acetylenes is 1. The van der Waals surface area contributed by atoms with Crippen molar-refractivity contribution in [1.82, 2.24) is 9.97 Å². The molecule has 0 amide bonds. The zero-order valence-corrected chi connectivity index (χ0v) is 8.26. The van der Waals surface area contributed by atoms with E-state index in [1.54, 1.807) is 0 Å². The van der Waals surface area contributed by atoms with Crippen molar-refractivity contribution < 1.29 is 0 Å². The summed E-state index contributed by atoms with van der Waals surface area (Å²) < 4.78 is 0. The van der Waals surface area contributed by atoms with Crippen LogP contribution in [0.2, 0.25) is 5.02 Å². The Morgan fingerprint density at radius 3 is 2.46 bits per heavy atom. The molecule has 0 radical (unpaired) electrons. The van der Waals surface area contributed by atoms with Crippen molar-refractivity contribution in [2.24, 2.45) is 0 Å². The van der Waals surface area contributed by atoms with Gasteiger partial charge in [-0.3, -0.25) is 0 Å². The fourth-order valence-electron chi connectivity index (χ4n) is 0.692. The smallest absolute Gasteiger partial charge is 0.223 e. The quantitative estimate of drug-likeness (QED) is 0.734. The molecule has 4 heteroatoms. The summed E-state index contributed by atoms with van der Waals surface area (Å²) in [6.07, 6.45) is 8.32. The summed E-state index contributed by atoms with van der Waals surface area (Å²) in [4.78, 5) is 7.92. The standard InChI is InChI=1S/C9H10ClN3/c1-4-9(2,3)13-8-11-5-7(10)6-12-8/h1,5-6H,2-3H3,(H,11,12,13). The Morgan fingerprint density at radius 1 is 1.46 bits per heavy atom. The van der Waals surface area contributed by atoms with E-state index < -0.39 is 5.54 Å². The van der Waals surface area contributed by atoms with Crippen molar-refractivity contribution in [2.45, 2.75) is 19.4 Å². The van der Waals surface area contributed by atoms with Gasteiger partial charge in [0.15, 0.2) is 0 Å². The van der Waals surface area contributed by atoms with Gasteiger partial charge in [0.1, 0.15) is 0 Å². The second-order valence-corrected chi connectivity index (χ2v) is 3.56. The number of rotatable bonds is 2. The van der Waals surface area contributed by atoms with Gasteiger partial charge in [-0.15, -0.1) is 6.42 Å². The fraction of sp³-hybridized carbons (Fsp3) is 0.333. The Bertz CT molecular complexity index is 324. The van der Waals surface area contributed by atoms with Crippen LogP contribution in [0.3, 0.4) is 0 Å². The molecule has 0 spiro atoms. The molecule has 0 aliphatic rings. The predicted molar refractivity (Wildman–Crippen MR) is 53.6 cm³/mol. The average molecular weight is 196 g/mol. The van der Waals surface area contributed by atoms with Crippen LogP contribution in [-0.4, -0.2) is 15.5 Å². The van der Waals surface area contributed by atoms with Crippen LogP contribution in [0.15, 0.2) is 12.4 Å². The maximum atomic E-state index is 5.62. The minimum Gasteiger partial charge on any atom is -0.338 e. The molecule has 1 N–H and O–H groups in total. The first-order chi connectivity index (χ1) is 6.03. The third-order valence-corrected chi connectivity index (χ3v) is 1.60. The predicted octanol–water partition coefficient (Wildman–Crippen LogP) is 1.95. The second-order valence-electron chi connectivity index (χ2n) is 3.12. The molecule has 0 fully saturated rings. The lowest BCUT2D eigenvalue weighted by Crippen LogP contribution is -2.29. The van der Waals surface area contributed by atoms with Crippen LogP contribution in [0.1, 0.15) is 13.8 Å². The lowest BCUT2D eigenvalue weighted by molar-refractivity contribution is 0.729. The zero-order chi connectivity index (χ0) is 9.90. The van der Waals surface area contributed by atoms with Crippen LogP contribution >= 0.6 is 11.6 Å². The normalized spacial score (nSPS) is 10.6. The van der Waals surface area contributed by atoms with Crippen LogP contribution in [0, 0.1) is 12.3 Å². The number of halogens is 1. The Labute approximate surface area is 82.5 Å². The minimum absolute atomic E-state index is 0.451.